The van der Waals surface area contributed by atoms with Crippen LogP contribution in [0.4, 0.5) is 19.3 Å². The summed E-state index contributed by atoms with van der Waals surface area (Å²) in [5.74, 6) is -1.91. The van der Waals surface area contributed by atoms with Gasteiger partial charge in [-0.25, -0.2) is 18.6 Å². The monoisotopic (exact) mass is 649 g/mol. The third-order valence-corrected chi connectivity index (χ3v) is 9.48. The number of hydrogen-bond acceptors (Lipinski definition) is 7. The number of aromatic nitrogens is 2. The molecule has 1 unspecified atom stereocenters. The molecule has 46 heavy (non-hydrogen) atoms. The zero-order valence-electron chi connectivity index (χ0n) is 26.4. The van der Waals surface area contributed by atoms with Crippen molar-refractivity contribution in [3.05, 3.63) is 66.0 Å². The van der Waals surface area contributed by atoms with Crippen LogP contribution in [0.1, 0.15) is 12.5 Å². The number of ether oxygens (including phenoxy) is 4. The molecule has 4 aromatic rings. The standard InChI is InChI=1S/C33H37F2N5O5Si/c1-20(23-17-44-18-23)38-33(41)39-24-13-26(34)31(27(35)14-24)45-29-8-9-37-32-30(29)25(16-40(32)19-43-10-11-46(3,4)5)21-6-7-28(42-2)22(12-21)15-36/h6-9,12-14,16,20,23H,10-11,17-19H2,1-5H3,(H2,38,39,41)/q-1. The number of benzene rings is 2. The maximum absolute atomic E-state index is 15.4. The number of amides is 2. The van der Waals surface area contributed by atoms with E-state index in [-0.39, 0.29) is 30.1 Å². The van der Waals surface area contributed by atoms with Crippen molar-refractivity contribution >= 4 is 30.8 Å². The van der Waals surface area contributed by atoms with Gasteiger partial charge in [-0.05, 0) is 30.7 Å². The Morgan fingerprint density at radius 3 is 2.54 bits per heavy atom. The van der Waals surface area contributed by atoms with Crippen LogP contribution in [-0.2, 0) is 16.2 Å². The number of methoxy groups -OCH3 is 1. The molecule has 1 aliphatic rings. The second kappa shape index (κ2) is 13.9. The molecule has 0 saturated carbocycles. The fourth-order valence-electron chi connectivity index (χ4n) is 4.97. The first kappa shape index (κ1) is 32.9. The summed E-state index contributed by atoms with van der Waals surface area (Å²) in [4.78, 5) is 17.0. The minimum absolute atomic E-state index is 0.0682. The molecule has 5 rings (SSSR count). The van der Waals surface area contributed by atoms with Crippen LogP contribution in [0, 0.1) is 28.9 Å². The largest absolute Gasteiger partial charge is 0.495 e. The van der Waals surface area contributed by atoms with Gasteiger partial charge in [0.15, 0.2) is 17.4 Å². The Balaban J connectivity index is 1.47. The highest BCUT2D eigenvalue weighted by molar-refractivity contribution is 6.76. The number of carbonyl (C=O) groups is 1. The number of nitriles is 1. The van der Waals surface area contributed by atoms with Crippen molar-refractivity contribution in [2.45, 2.75) is 45.4 Å². The quantitative estimate of drug-likeness (QED) is 0.124. The molecule has 2 amide bonds. The van der Waals surface area contributed by atoms with Crippen LogP contribution in [-0.4, -0.2) is 56.6 Å². The molecule has 1 saturated heterocycles. The maximum atomic E-state index is 15.4. The summed E-state index contributed by atoms with van der Waals surface area (Å²) < 4.78 is 54.9. The van der Waals surface area contributed by atoms with Gasteiger partial charge < -0.3 is 34.1 Å². The second-order valence-electron chi connectivity index (χ2n) is 12.5. The fraction of sp³-hybridized carbons (Fsp3) is 0.364. The van der Waals surface area contributed by atoms with E-state index in [0.29, 0.717) is 53.3 Å². The lowest BCUT2D eigenvalue weighted by Crippen LogP contribution is -2.47. The molecule has 0 radical (unpaired) electrons. The van der Waals surface area contributed by atoms with E-state index in [9.17, 15) is 10.1 Å². The Hall–Kier alpha value is -4.51. The smallest absolute Gasteiger partial charge is 0.319 e. The zero-order chi connectivity index (χ0) is 33.0. The number of carbonyl (C=O) groups excluding carboxylic acids is 1. The number of nitrogens with zero attached hydrogens (tertiary/aromatic N) is 3. The van der Waals surface area contributed by atoms with Gasteiger partial charge in [-0.15, -0.1) is 14.1 Å². The Morgan fingerprint density at radius 1 is 1.17 bits per heavy atom. The minimum atomic E-state index is -1.32. The van der Waals surface area contributed by atoms with E-state index < -0.39 is 31.5 Å². The van der Waals surface area contributed by atoms with Crippen LogP contribution in [0.2, 0.25) is 25.7 Å². The molecule has 0 aliphatic carbocycles. The number of halogens is 2. The van der Waals surface area contributed by atoms with Crippen LogP contribution in [0.5, 0.6) is 17.2 Å². The number of rotatable bonds is 12. The van der Waals surface area contributed by atoms with Gasteiger partial charge >= 0.3 is 6.03 Å². The van der Waals surface area contributed by atoms with Crippen molar-refractivity contribution in [3.8, 4) is 34.4 Å². The second-order valence-corrected chi connectivity index (χ2v) is 18.1. The molecule has 1 aliphatic heterocycles. The van der Waals surface area contributed by atoms with E-state index >= 15 is 8.78 Å². The number of urea groups is 1. The summed E-state index contributed by atoms with van der Waals surface area (Å²) in [6.45, 7) is 10.5. The van der Waals surface area contributed by atoms with Crippen molar-refractivity contribution in [2.75, 3.05) is 32.2 Å². The summed E-state index contributed by atoms with van der Waals surface area (Å²) in [6, 6.07) is 11.0. The fourth-order valence-corrected chi connectivity index (χ4v) is 5.72. The Labute approximate surface area is 267 Å². The molecule has 1 fully saturated rings. The average Bonchev–Trinajstić information content (AvgIpc) is 3.34. The summed E-state index contributed by atoms with van der Waals surface area (Å²) in [5, 5.41) is 15.4. The van der Waals surface area contributed by atoms with Gasteiger partial charge in [0, 0.05) is 54.3 Å². The van der Waals surface area contributed by atoms with Crippen LogP contribution in [0.25, 0.3) is 22.2 Å². The Morgan fingerprint density at radius 2 is 1.91 bits per heavy atom. The lowest BCUT2D eigenvalue weighted by molar-refractivity contribution is -0.0444. The average molecular weight is 650 g/mol. The minimum Gasteiger partial charge on any atom is -0.495 e. The van der Waals surface area contributed by atoms with Gasteiger partial charge in [-0.2, -0.15) is 24.9 Å². The van der Waals surface area contributed by atoms with Gasteiger partial charge in [0.25, 0.3) is 0 Å². The molecule has 243 valence electrons. The highest BCUT2D eigenvalue weighted by Crippen LogP contribution is 2.40. The summed E-state index contributed by atoms with van der Waals surface area (Å²) >= 11 is 0. The maximum Gasteiger partial charge on any atom is 0.319 e. The van der Waals surface area contributed by atoms with Gasteiger partial charge in [0.1, 0.15) is 29.9 Å². The molecule has 3 heterocycles. The highest BCUT2D eigenvalue weighted by atomic mass is 28.3. The molecule has 2 aromatic carbocycles. The number of fused-ring (bicyclic) bond motifs is 1. The molecule has 0 spiro atoms. The van der Waals surface area contributed by atoms with Gasteiger partial charge in [-0.3, -0.25) is 0 Å². The molecule has 2 aromatic heterocycles. The Bertz CT molecular complexity index is 1760. The number of hydrogen-bond donors (Lipinski definition) is 2. The molecule has 13 heteroatoms. The summed E-state index contributed by atoms with van der Waals surface area (Å²) in [5.41, 5.74) is 1.99. The Kier molecular flexibility index (Phi) is 9.90. The predicted molar refractivity (Wildman–Crippen MR) is 173 cm³/mol. The summed E-state index contributed by atoms with van der Waals surface area (Å²) in [7, 11) is 0.165. The normalized spacial score (nSPS) is 14.0. The zero-order valence-corrected chi connectivity index (χ0v) is 27.4. The first-order chi connectivity index (χ1) is 22.0. The molecule has 0 bridgehead atoms. The highest BCUT2D eigenvalue weighted by Gasteiger charge is 2.26. The van der Waals surface area contributed by atoms with Crippen LogP contribution in [0.3, 0.4) is 0 Å². The van der Waals surface area contributed by atoms with Crippen molar-refractivity contribution in [2.24, 2.45) is 5.92 Å². The number of pyridine rings is 1. The SMILES string of the molecule is COc1ccc(-c2cn(COCC[Si-](C)(C)C)c3nccc(Oc4c(F)cc(NC(=O)NC(C)C5COC5)cc4F)c23)cc1C#N. The molecule has 1 atom stereocenters. The van der Waals surface area contributed by atoms with Crippen LogP contribution in [0.15, 0.2) is 48.8 Å². The van der Waals surface area contributed by atoms with E-state index in [2.05, 4.69) is 41.3 Å². The molecule has 10 nitrogen and oxygen atoms in total. The molecule has 2 N–H and O–H groups in total. The first-order valence-electron chi connectivity index (χ1n) is 14.9. The van der Waals surface area contributed by atoms with Crippen molar-refractivity contribution in [3.63, 3.8) is 0 Å². The van der Waals surface area contributed by atoms with Crippen molar-refractivity contribution in [1.29, 1.82) is 5.26 Å². The van der Waals surface area contributed by atoms with Crippen LogP contribution < -0.4 is 20.1 Å². The van der Waals surface area contributed by atoms with Gasteiger partial charge in [0.05, 0.1) is 31.3 Å². The van der Waals surface area contributed by atoms with Gasteiger partial charge in [0.2, 0.25) is 0 Å². The molecular weight excluding hydrogens is 612 g/mol. The van der Waals surface area contributed by atoms with Crippen LogP contribution >= 0.6 is 0 Å². The van der Waals surface area contributed by atoms with E-state index in [1.165, 1.54) is 19.4 Å². The first-order valence-corrected chi connectivity index (χ1v) is 18.6. The van der Waals surface area contributed by atoms with E-state index in [1.54, 1.807) is 22.8 Å². The number of nitrogens with one attached hydrogen (secondary N) is 2. The van der Waals surface area contributed by atoms with E-state index in [0.717, 1.165) is 18.2 Å². The molecular formula is C33H37F2N5O5Si-. The van der Waals surface area contributed by atoms with E-state index in [1.807, 2.05) is 13.1 Å². The predicted octanol–water partition coefficient (Wildman–Crippen LogP) is 7.12. The van der Waals surface area contributed by atoms with Crippen molar-refractivity contribution in [1.82, 2.24) is 14.9 Å². The van der Waals surface area contributed by atoms with Gasteiger partial charge in [-0.1, -0.05) is 6.07 Å². The number of anilines is 1. The van der Waals surface area contributed by atoms with Crippen molar-refractivity contribution < 1.29 is 32.5 Å². The summed E-state index contributed by atoms with van der Waals surface area (Å²) in [6.07, 6.45) is 3.30. The topological polar surface area (TPSA) is 120 Å². The third kappa shape index (κ3) is 7.47. The lowest BCUT2D eigenvalue weighted by Gasteiger charge is -2.31. The lowest BCUT2D eigenvalue weighted by atomic mass is 10.0. The third-order valence-electron chi connectivity index (χ3n) is 7.77. The van der Waals surface area contributed by atoms with E-state index in [4.69, 9.17) is 18.9 Å².